The van der Waals surface area contributed by atoms with Crippen LogP contribution in [0.15, 0.2) is 18.2 Å². The van der Waals surface area contributed by atoms with Gasteiger partial charge in [0.2, 0.25) is 11.8 Å². The van der Waals surface area contributed by atoms with Gasteiger partial charge in [-0.3, -0.25) is 9.59 Å². The van der Waals surface area contributed by atoms with Crippen molar-refractivity contribution in [3.63, 3.8) is 0 Å². The molecule has 1 unspecified atom stereocenters. The van der Waals surface area contributed by atoms with Crippen LogP contribution in [0.3, 0.4) is 0 Å². The molecule has 1 aromatic carbocycles. The van der Waals surface area contributed by atoms with Gasteiger partial charge in [-0.2, -0.15) is 0 Å². The molecule has 2 saturated heterocycles. The zero-order valence-corrected chi connectivity index (χ0v) is 27.7. The lowest BCUT2D eigenvalue weighted by molar-refractivity contribution is -0.144. The molecule has 11 nitrogen and oxygen atoms in total. The molecule has 3 amide bonds. The zero-order valence-electron chi connectivity index (χ0n) is 27.7. The smallest absolute Gasteiger partial charge is 0.408 e. The summed E-state index contributed by atoms with van der Waals surface area (Å²) in [5.74, 6) is 0.814. The Morgan fingerprint density at radius 3 is 2.60 bits per heavy atom. The Bertz CT molecular complexity index is 1460. The number of alkyl carbamates (subject to hydrolysis) is 1. The quantitative estimate of drug-likeness (QED) is 0.492. The van der Waals surface area contributed by atoms with Crippen molar-refractivity contribution < 1.29 is 33.3 Å². The molecule has 0 radical (unpaired) electrons. The van der Waals surface area contributed by atoms with Gasteiger partial charge in [-0.25, -0.2) is 9.78 Å². The van der Waals surface area contributed by atoms with Crippen LogP contribution in [0.4, 0.5) is 4.79 Å². The number of carbonyl (C=O) groups excluding carboxylic acids is 3. The average molecular weight is 625 g/mol. The molecule has 4 heterocycles. The SMILES string of the molecule is COc1ccc2nc(C)c3c(c2c1)CC[C@]1(C[C@H]2C(=O)NC(C)(OC)CCCCCC[C@H](NC(=O)OC(C)(C)C)C(=O)N2C1)O3. The number of rotatable bonds is 3. The topological polar surface area (TPSA) is 128 Å². The predicted molar refractivity (Wildman–Crippen MR) is 169 cm³/mol. The highest BCUT2D eigenvalue weighted by Crippen LogP contribution is 2.45. The van der Waals surface area contributed by atoms with E-state index in [0.29, 0.717) is 37.9 Å². The van der Waals surface area contributed by atoms with Gasteiger partial charge < -0.3 is 34.5 Å². The number of fused-ring (bicyclic) bond motifs is 4. The van der Waals surface area contributed by atoms with Crippen LogP contribution in [-0.4, -0.2) is 77.6 Å². The molecule has 5 rings (SSSR count). The van der Waals surface area contributed by atoms with Crippen molar-refractivity contribution in [2.45, 2.75) is 121 Å². The van der Waals surface area contributed by atoms with Crippen LogP contribution in [-0.2, 0) is 25.5 Å². The lowest BCUT2D eigenvalue weighted by Gasteiger charge is -2.36. The van der Waals surface area contributed by atoms with Gasteiger partial charge in [0.05, 0.1) is 24.9 Å². The standard InChI is InChI=1S/C34H48N4O7/c1-21-28-23(24-18-22(42-6)13-14-25(24)35-21)15-17-34(44-28)19-27-29(39)37-33(5,43-7)16-11-9-8-10-12-26(30(40)38(27)20-34)36-31(41)45-32(2,3)4/h13-14,18,26-27H,8-12,15-17,19-20H2,1-7H3,(H,36,41)(H,37,39)/t26-,27-,33?,34+/m0/s1. The number of hydrogen-bond acceptors (Lipinski definition) is 8. The minimum Gasteiger partial charge on any atom is -0.497 e. The summed E-state index contributed by atoms with van der Waals surface area (Å²) in [6.45, 7) is 9.35. The van der Waals surface area contributed by atoms with Crippen molar-refractivity contribution in [2.75, 3.05) is 20.8 Å². The van der Waals surface area contributed by atoms with E-state index in [1.807, 2.05) is 32.0 Å². The van der Waals surface area contributed by atoms with Crippen molar-refractivity contribution in [3.05, 3.63) is 29.5 Å². The number of methoxy groups -OCH3 is 2. The van der Waals surface area contributed by atoms with Gasteiger partial charge in [0.25, 0.3) is 0 Å². The summed E-state index contributed by atoms with van der Waals surface area (Å²) in [7, 11) is 3.23. The Balaban J connectivity index is 1.50. The summed E-state index contributed by atoms with van der Waals surface area (Å²) in [5, 5.41) is 6.89. The summed E-state index contributed by atoms with van der Waals surface area (Å²) in [4.78, 5) is 47.7. The summed E-state index contributed by atoms with van der Waals surface area (Å²) >= 11 is 0. The Morgan fingerprint density at radius 2 is 1.89 bits per heavy atom. The minimum atomic E-state index is -0.873. The third-order valence-electron chi connectivity index (χ3n) is 9.28. The van der Waals surface area contributed by atoms with E-state index in [9.17, 15) is 14.4 Å². The second-order valence-corrected chi connectivity index (χ2v) is 13.9. The fourth-order valence-corrected chi connectivity index (χ4v) is 6.86. The van der Waals surface area contributed by atoms with E-state index in [0.717, 1.165) is 53.6 Å². The molecular weight excluding hydrogens is 576 g/mol. The number of benzene rings is 1. The van der Waals surface area contributed by atoms with Crippen molar-refractivity contribution in [3.8, 4) is 11.5 Å². The van der Waals surface area contributed by atoms with Crippen LogP contribution in [0.1, 0.15) is 90.3 Å². The highest BCUT2D eigenvalue weighted by Gasteiger charge is 2.53. The maximum atomic E-state index is 14.4. The van der Waals surface area contributed by atoms with Gasteiger partial charge in [-0.1, -0.05) is 19.3 Å². The first kappa shape index (κ1) is 32.8. The van der Waals surface area contributed by atoms with E-state index < -0.39 is 35.1 Å². The van der Waals surface area contributed by atoms with Crippen LogP contribution in [0, 0.1) is 6.92 Å². The second kappa shape index (κ2) is 12.7. The molecule has 246 valence electrons. The lowest BCUT2D eigenvalue weighted by Crippen LogP contribution is -2.57. The fraction of sp³-hybridized carbons (Fsp3) is 0.647. The molecule has 0 saturated carbocycles. The van der Waals surface area contributed by atoms with Crippen molar-refractivity contribution >= 4 is 28.8 Å². The summed E-state index contributed by atoms with van der Waals surface area (Å²) in [5.41, 5.74) is 0.272. The Kier molecular flexibility index (Phi) is 9.22. The maximum absolute atomic E-state index is 14.4. The van der Waals surface area contributed by atoms with Crippen molar-refractivity contribution in [2.24, 2.45) is 0 Å². The van der Waals surface area contributed by atoms with Crippen molar-refractivity contribution in [1.82, 2.24) is 20.5 Å². The van der Waals surface area contributed by atoms with E-state index in [1.54, 1.807) is 39.9 Å². The van der Waals surface area contributed by atoms with Gasteiger partial charge in [-0.15, -0.1) is 0 Å². The largest absolute Gasteiger partial charge is 0.497 e. The molecule has 2 fully saturated rings. The number of nitrogens with zero attached hydrogens (tertiary/aromatic N) is 2. The van der Waals surface area contributed by atoms with E-state index in [2.05, 4.69) is 10.6 Å². The Labute approximate surface area is 265 Å². The normalized spacial score (nSPS) is 27.8. The molecule has 0 bridgehead atoms. The number of pyridine rings is 1. The van der Waals surface area contributed by atoms with E-state index in [4.69, 9.17) is 23.9 Å². The number of carbonyl (C=O) groups is 3. The van der Waals surface area contributed by atoms with Gasteiger partial charge in [0.1, 0.15) is 40.5 Å². The van der Waals surface area contributed by atoms with Crippen LogP contribution >= 0.6 is 0 Å². The van der Waals surface area contributed by atoms with Gasteiger partial charge in [-0.05, 0) is 84.9 Å². The number of aryl methyl sites for hydroxylation is 2. The highest BCUT2D eigenvalue weighted by atomic mass is 16.6. The monoisotopic (exact) mass is 624 g/mol. The van der Waals surface area contributed by atoms with Gasteiger partial charge in [0.15, 0.2) is 0 Å². The number of amides is 3. The van der Waals surface area contributed by atoms with E-state index in [1.165, 1.54) is 0 Å². The Morgan fingerprint density at radius 1 is 1.13 bits per heavy atom. The molecule has 45 heavy (non-hydrogen) atoms. The molecule has 1 spiro atoms. The molecule has 3 aliphatic rings. The second-order valence-electron chi connectivity index (χ2n) is 13.9. The first-order valence-corrected chi connectivity index (χ1v) is 16.1. The number of nitrogens with one attached hydrogen (secondary N) is 2. The third kappa shape index (κ3) is 7.13. The summed E-state index contributed by atoms with van der Waals surface area (Å²) in [6, 6.07) is 4.17. The zero-order chi connectivity index (χ0) is 32.6. The first-order chi connectivity index (χ1) is 21.3. The molecule has 3 aliphatic heterocycles. The fourth-order valence-electron chi connectivity index (χ4n) is 6.86. The van der Waals surface area contributed by atoms with Crippen LogP contribution in [0.5, 0.6) is 11.5 Å². The minimum absolute atomic E-state index is 0.204. The van der Waals surface area contributed by atoms with Gasteiger partial charge in [0, 0.05) is 24.5 Å². The van der Waals surface area contributed by atoms with E-state index in [-0.39, 0.29) is 18.4 Å². The molecule has 0 aliphatic carbocycles. The Hall–Kier alpha value is -3.60. The lowest BCUT2D eigenvalue weighted by atomic mass is 9.87. The van der Waals surface area contributed by atoms with Crippen LogP contribution < -0.4 is 20.1 Å². The van der Waals surface area contributed by atoms with Crippen LogP contribution in [0.2, 0.25) is 0 Å². The summed E-state index contributed by atoms with van der Waals surface area (Å²) in [6.07, 6.45) is 5.42. The number of ether oxygens (including phenoxy) is 4. The van der Waals surface area contributed by atoms with Gasteiger partial charge >= 0.3 is 6.09 Å². The molecule has 1 aromatic heterocycles. The first-order valence-electron chi connectivity index (χ1n) is 16.1. The van der Waals surface area contributed by atoms with Crippen molar-refractivity contribution in [1.29, 1.82) is 0 Å². The highest BCUT2D eigenvalue weighted by molar-refractivity contribution is 5.92. The predicted octanol–water partition coefficient (Wildman–Crippen LogP) is 4.94. The van der Waals surface area contributed by atoms with E-state index >= 15 is 0 Å². The molecule has 11 heteroatoms. The molecule has 2 N–H and O–H groups in total. The maximum Gasteiger partial charge on any atom is 0.408 e. The third-order valence-corrected chi connectivity index (χ3v) is 9.28. The molecule has 2 aromatic rings. The summed E-state index contributed by atoms with van der Waals surface area (Å²) < 4.78 is 23.6. The molecule has 4 atom stereocenters. The molecular formula is C34H48N4O7. The van der Waals surface area contributed by atoms with Crippen LogP contribution in [0.25, 0.3) is 10.9 Å². The average Bonchev–Trinajstić information content (AvgIpc) is 3.35. The number of aromatic nitrogens is 1. The number of hydrogen-bond donors (Lipinski definition) is 2.